The molecule has 4 heteroatoms. The minimum atomic E-state index is -0.115. The summed E-state index contributed by atoms with van der Waals surface area (Å²) in [6.45, 7) is 4.77. The van der Waals surface area contributed by atoms with Crippen LogP contribution in [-0.4, -0.2) is 16.1 Å². The highest BCUT2D eigenvalue weighted by Gasteiger charge is 2.18. The van der Waals surface area contributed by atoms with E-state index in [2.05, 4.69) is 17.2 Å². The highest BCUT2D eigenvalue weighted by Crippen LogP contribution is 2.22. The maximum Gasteiger partial charge on any atom is 0.130 e. The number of benzene rings is 1. The van der Waals surface area contributed by atoms with Crippen molar-refractivity contribution in [1.82, 2.24) is 14.9 Å². The van der Waals surface area contributed by atoms with Crippen molar-refractivity contribution in [2.45, 2.75) is 32.7 Å². The summed E-state index contributed by atoms with van der Waals surface area (Å²) in [5, 5.41) is 3.43. The second-order valence-corrected chi connectivity index (χ2v) is 5.14. The maximum absolute atomic E-state index is 14.3. The van der Waals surface area contributed by atoms with Crippen LogP contribution in [0.15, 0.2) is 30.6 Å². The van der Waals surface area contributed by atoms with Crippen LogP contribution in [0.2, 0.25) is 0 Å². The van der Waals surface area contributed by atoms with Crippen molar-refractivity contribution in [3.8, 4) is 0 Å². The molecule has 1 N–H and O–H groups in total. The minimum Gasteiger partial charge on any atom is -0.338 e. The van der Waals surface area contributed by atoms with E-state index in [1.165, 1.54) is 0 Å². The van der Waals surface area contributed by atoms with Crippen LogP contribution in [-0.2, 0) is 13.5 Å². The molecule has 1 aromatic heterocycles. The molecule has 0 amide bonds. The van der Waals surface area contributed by atoms with Gasteiger partial charge in [0.15, 0.2) is 0 Å². The molecule has 0 saturated carbocycles. The lowest BCUT2D eigenvalue weighted by Crippen LogP contribution is -2.26. The van der Waals surface area contributed by atoms with E-state index in [1.54, 1.807) is 19.2 Å². The van der Waals surface area contributed by atoms with Gasteiger partial charge in [0.2, 0.25) is 0 Å². The molecular weight excluding hydrogens is 253 g/mol. The summed E-state index contributed by atoms with van der Waals surface area (Å²) in [5.41, 5.74) is 1.41. The first-order chi connectivity index (χ1) is 9.63. The SMILES string of the molecule is CCCNC(Cc1nccn1C)c1cccc(C)c1F. The molecular formula is C16H22FN3. The average molecular weight is 275 g/mol. The quantitative estimate of drug-likeness (QED) is 0.877. The van der Waals surface area contributed by atoms with Crippen molar-refractivity contribution in [3.63, 3.8) is 0 Å². The first-order valence-electron chi connectivity index (χ1n) is 7.08. The molecule has 1 unspecified atom stereocenters. The smallest absolute Gasteiger partial charge is 0.130 e. The molecule has 0 aliphatic carbocycles. The molecule has 0 saturated heterocycles. The van der Waals surface area contributed by atoms with Crippen LogP contribution in [0.4, 0.5) is 4.39 Å². The third-order valence-electron chi connectivity index (χ3n) is 3.55. The Balaban J connectivity index is 2.27. The fourth-order valence-electron chi connectivity index (χ4n) is 2.33. The first kappa shape index (κ1) is 14.7. The molecule has 0 bridgehead atoms. The van der Waals surface area contributed by atoms with Gasteiger partial charge in [0.1, 0.15) is 11.6 Å². The summed E-state index contributed by atoms with van der Waals surface area (Å²) in [5.74, 6) is 0.842. The van der Waals surface area contributed by atoms with Gasteiger partial charge in [0.05, 0.1) is 0 Å². The molecule has 0 radical (unpaired) electrons. The Morgan fingerprint density at radius 1 is 1.40 bits per heavy atom. The standard InChI is InChI=1S/C16H22FN3/c1-4-8-18-14(11-15-19-9-10-20(15)3)13-7-5-6-12(2)16(13)17/h5-7,9-10,14,18H,4,8,11H2,1-3H3. The van der Waals surface area contributed by atoms with Crippen molar-refractivity contribution in [1.29, 1.82) is 0 Å². The summed E-state index contributed by atoms with van der Waals surface area (Å²) in [6, 6.07) is 5.53. The lowest BCUT2D eigenvalue weighted by molar-refractivity contribution is 0.482. The van der Waals surface area contributed by atoms with Crippen LogP contribution in [0.5, 0.6) is 0 Å². The molecule has 1 heterocycles. The molecule has 2 rings (SSSR count). The van der Waals surface area contributed by atoms with E-state index >= 15 is 0 Å². The van der Waals surface area contributed by atoms with Crippen LogP contribution < -0.4 is 5.32 Å². The molecule has 0 spiro atoms. The third-order valence-corrected chi connectivity index (χ3v) is 3.55. The second-order valence-electron chi connectivity index (χ2n) is 5.14. The Labute approximate surface area is 119 Å². The van der Waals surface area contributed by atoms with Crippen LogP contribution in [0.1, 0.15) is 36.3 Å². The Hall–Kier alpha value is -1.68. The summed E-state index contributed by atoms with van der Waals surface area (Å²) >= 11 is 0. The third kappa shape index (κ3) is 3.25. The first-order valence-corrected chi connectivity index (χ1v) is 7.08. The van der Waals surface area contributed by atoms with Gasteiger partial charge in [-0.2, -0.15) is 0 Å². The molecule has 1 aromatic carbocycles. The molecule has 0 aliphatic rings. The molecule has 0 fully saturated rings. The second kappa shape index (κ2) is 6.66. The molecule has 1 atom stereocenters. The topological polar surface area (TPSA) is 29.9 Å². The van der Waals surface area contributed by atoms with Gasteiger partial charge >= 0.3 is 0 Å². The van der Waals surface area contributed by atoms with Crippen molar-refractivity contribution in [2.75, 3.05) is 6.54 Å². The number of hydrogen-bond donors (Lipinski definition) is 1. The maximum atomic E-state index is 14.3. The number of hydrogen-bond acceptors (Lipinski definition) is 2. The van der Waals surface area contributed by atoms with E-state index in [1.807, 2.05) is 29.9 Å². The Kier molecular flexibility index (Phi) is 4.90. The number of aryl methyl sites for hydroxylation is 2. The van der Waals surface area contributed by atoms with E-state index in [-0.39, 0.29) is 11.9 Å². The number of nitrogens with one attached hydrogen (secondary N) is 1. The molecule has 3 nitrogen and oxygen atoms in total. The fraction of sp³-hybridized carbons (Fsp3) is 0.438. The fourth-order valence-corrected chi connectivity index (χ4v) is 2.33. The van der Waals surface area contributed by atoms with Crippen LogP contribution >= 0.6 is 0 Å². The highest BCUT2D eigenvalue weighted by molar-refractivity contribution is 5.28. The van der Waals surface area contributed by atoms with Gasteiger partial charge in [0.25, 0.3) is 0 Å². The van der Waals surface area contributed by atoms with Crippen molar-refractivity contribution in [2.24, 2.45) is 7.05 Å². The number of rotatable bonds is 6. The van der Waals surface area contributed by atoms with E-state index in [4.69, 9.17) is 0 Å². The number of nitrogens with zero attached hydrogens (tertiary/aromatic N) is 2. The van der Waals surface area contributed by atoms with E-state index < -0.39 is 0 Å². The summed E-state index contributed by atoms with van der Waals surface area (Å²) < 4.78 is 16.3. The predicted octanol–water partition coefficient (Wildman–Crippen LogP) is 3.15. The molecule has 0 aliphatic heterocycles. The minimum absolute atomic E-state index is 0.0454. The number of aromatic nitrogens is 2. The monoisotopic (exact) mass is 275 g/mol. The zero-order valence-electron chi connectivity index (χ0n) is 12.4. The molecule has 2 aromatic rings. The predicted molar refractivity (Wildman–Crippen MR) is 79.1 cm³/mol. The molecule has 108 valence electrons. The van der Waals surface area contributed by atoms with Gasteiger partial charge < -0.3 is 9.88 Å². The summed E-state index contributed by atoms with van der Waals surface area (Å²) in [7, 11) is 1.96. The van der Waals surface area contributed by atoms with E-state index in [9.17, 15) is 4.39 Å². The van der Waals surface area contributed by atoms with Crippen molar-refractivity contribution in [3.05, 3.63) is 53.4 Å². The Morgan fingerprint density at radius 2 is 2.20 bits per heavy atom. The van der Waals surface area contributed by atoms with E-state index in [0.29, 0.717) is 12.0 Å². The van der Waals surface area contributed by atoms with Gasteiger partial charge in [-0.15, -0.1) is 0 Å². The van der Waals surface area contributed by atoms with Crippen LogP contribution in [0.3, 0.4) is 0 Å². The van der Waals surface area contributed by atoms with Crippen LogP contribution in [0.25, 0.3) is 0 Å². The highest BCUT2D eigenvalue weighted by atomic mass is 19.1. The Morgan fingerprint density at radius 3 is 2.85 bits per heavy atom. The van der Waals surface area contributed by atoms with Crippen LogP contribution in [0, 0.1) is 12.7 Å². The van der Waals surface area contributed by atoms with Gasteiger partial charge in [-0.25, -0.2) is 9.37 Å². The molecule has 20 heavy (non-hydrogen) atoms. The van der Waals surface area contributed by atoms with Gasteiger partial charge in [-0.05, 0) is 25.5 Å². The Bertz CT molecular complexity index is 563. The lowest BCUT2D eigenvalue weighted by Gasteiger charge is -2.20. The zero-order chi connectivity index (χ0) is 14.5. The van der Waals surface area contributed by atoms with Gasteiger partial charge in [0, 0.05) is 37.5 Å². The van der Waals surface area contributed by atoms with Crippen molar-refractivity contribution >= 4 is 0 Å². The number of halogens is 1. The lowest BCUT2D eigenvalue weighted by atomic mass is 10.00. The zero-order valence-corrected chi connectivity index (χ0v) is 12.4. The van der Waals surface area contributed by atoms with Gasteiger partial charge in [-0.1, -0.05) is 25.1 Å². The van der Waals surface area contributed by atoms with Gasteiger partial charge in [-0.3, -0.25) is 0 Å². The normalized spacial score (nSPS) is 12.6. The largest absolute Gasteiger partial charge is 0.338 e. The van der Waals surface area contributed by atoms with E-state index in [0.717, 1.165) is 24.4 Å². The summed E-state index contributed by atoms with van der Waals surface area (Å²) in [6.07, 6.45) is 5.39. The van der Waals surface area contributed by atoms with Crippen molar-refractivity contribution < 1.29 is 4.39 Å². The summed E-state index contributed by atoms with van der Waals surface area (Å²) in [4.78, 5) is 4.34. The average Bonchev–Trinajstić information content (AvgIpc) is 2.83. The number of imidazole rings is 1.